The summed E-state index contributed by atoms with van der Waals surface area (Å²) in [5.74, 6) is -0.271. The van der Waals surface area contributed by atoms with Crippen molar-refractivity contribution in [1.29, 1.82) is 0 Å². The first-order valence-electron chi connectivity index (χ1n) is 6.82. The van der Waals surface area contributed by atoms with Crippen LogP contribution in [-0.4, -0.2) is 37.2 Å². The maximum Gasteiger partial charge on any atom is 0.305 e. The van der Waals surface area contributed by atoms with Crippen LogP contribution >= 0.6 is 0 Å². The molecule has 1 fully saturated rings. The molecule has 19 heavy (non-hydrogen) atoms. The lowest BCUT2D eigenvalue weighted by Crippen LogP contribution is -2.46. The summed E-state index contributed by atoms with van der Waals surface area (Å²) in [5, 5.41) is 3.03. The summed E-state index contributed by atoms with van der Waals surface area (Å²) >= 11 is 0. The Morgan fingerprint density at radius 1 is 1.42 bits per heavy atom. The molecule has 1 heterocycles. The van der Waals surface area contributed by atoms with Gasteiger partial charge in [-0.15, -0.1) is 0 Å². The number of esters is 1. The first kappa shape index (κ1) is 16.0. The molecule has 0 aromatic rings. The molecular weight excluding hydrogens is 246 g/mol. The van der Waals surface area contributed by atoms with Gasteiger partial charge in [-0.25, -0.2) is 0 Å². The van der Waals surface area contributed by atoms with Gasteiger partial charge in [0.05, 0.1) is 12.7 Å². The molecule has 0 radical (unpaired) electrons. The third kappa shape index (κ3) is 6.05. The third-order valence-electron chi connectivity index (χ3n) is 3.34. The summed E-state index contributed by atoms with van der Waals surface area (Å²) in [6.45, 7) is 6.62. The zero-order chi connectivity index (χ0) is 14.5. The van der Waals surface area contributed by atoms with E-state index in [-0.39, 0.29) is 35.9 Å². The summed E-state index contributed by atoms with van der Waals surface area (Å²) in [5.41, 5.74) is -0.173. The van der Waals surface area contributed by atoms with Gasteiger partial charge in [-0.3, -0.25) is 9.59 Å². The highest BCUT2D eigenvalue weighted by Crippen LogP contribution is 2.24. The Kier molecular flexibility index (Phi) is 5.79. The SMILES string of the molecule is COC(=O)C[C@H](C)CC(=O)N[C@H]1CCOC(C)(C)C1. The summed E-state index contributed by atoms with van der Waals surface area (Å²) in [6, 6.07) is 0.168. The van der Waals surface area contributed by atoms with Gasteiger partial charge in [-0.1, -0.05) is 6.92 Å². The first-order chi connectivity index (χ1) is 8.82. The molecule has 0 bridgehead atoms. The van der Waals surface area contributed by atoms with Gasteiger partial charge >= 0.3 is 5.97 Å². The van der Waals surface area contributed by atoms with Crippen LogP contribution in [0.2, 0.25) is 0 Å². The standard InChI is InChI=1S/C14H25NO4/c1-10(8-13(17)18-4)7-12(16)15-11-5-6-19-14(2,3)9-11/h10-11H,5-9H2,1-4H3,(H,15,16)/t10-,11+/m1/s1. The maximum absolute atomic E-state index is 11.9. The Morgan fingerprint density at radius 2 is 2.11 bits per heavy atom. The van der Waals surface area contributed by atoms with Gasteiger partial charge in [0.25, 0.3) is 0 Å². The molecule has 1 N–H and O–H groups in total. The van der Waals surface area contributed by atoms with Crippen LogP contribution in [0.4, 0.5) is 0 Å². The van der Waals surface area contributed by atoms with Crippen molar-refractivity contribution in [2.45, 2.75) is 58.1 Å². The second kappa shape index (κ2) is 6.89. The average molecular weight is 271 g/mol. The first-order valence-corrected chi connectivity index (χ1v) is 6.82. The van der Waals surface area contributed by atoms with Crippen LogP contribution in [0, 0.1) is 5.92 Å². The van der Waals surface area contributed by atoms with E-state index in [0.717, 1.165) is 12.8 Å². The van der Waals surface area contributed by atoms with Crippen LogP contribution in [-0.2, 0) is 19.1 Å². The Hall–Kier alpha value is -1.10. The van der Waals surface area contributed by atoms with Crippen LogP contribution < -0.4 is 5.32 Å². The lowest BCUT2D eigenvalue weighted by atomic mass is 9.93. The molecule has 0 spiro atoms. The Morgan fingerprint density at radius 3 is 2.68 bits per heavy atom. The van der Waals surface area contributed by atoms with E-state index in [2.05, 4.69) is 10.1 Å². The summed E-state index contributed by atoms with van der Waals surface area (Å²) in [7, 11) is 1.36. The smallest absolute Gasteiger partial charge is 0.305 e. The van der Waals surface area contributed by atoms with Gasteiger partial charge in [0.1, 0.15) is 0 Å². The predicted octanol–water partition coefficient (Wildman–Crippen LogP) is 1.65. The van der Waals surface area contributed by atoms with Crippen molar-refractivity contribution in [2.24, 2.45) is 5.92 Å². The Bertz CT molecular complexity index is 327. The number of ether oxygens (including phenoxy) is 2. The second-order valence-electron chi connectivity index (χ2n) is 5.95. The number of hydrogen-bond acceptors (Lipinski definition) is 4. The minimum absolute atomic E-state index is 0.000278. The minimum Gasteiger partial charge on any atom is -0.469 e. The molecule has 1 amide bonds. The summed E-state index contributed by atoms with van der Waals surface area (Å²) in [6.07, 6.45) is 2.31. The molecule has 1 aliphatic heterocycles. The largest absolute Gasteiger partial charge is 0.469 e. The van der Waals surface area contributed by atoms with E-state index in [1.54, 1.807) is 0 Å². The molecule has 1 rings (SSSR count). The van der Waals surface area contributed by atoms with Crippen molar-refractivity contribution in [3.8, 4) is 0 Å². The lowest BCUT2D eigenvalue weighted by molar-refractivity contribution is -0.141. The number of rotatable bonds is 5. The highest BCUT2D eigenvalue weighted by atomic mass is 16.5. The molecule has 1 aliphatic rings. The van der Waals surface area contributed by atoms with Crippen LogP contribution in [0.1, 0.15) is 46.5 Å². The molecule has 5 heteroatoms. The fourth-order valence-electron chi connectivity index (χ4n) is 2.40. The van der Waals surface area contributed by atoms with Gasteiger partial charge in [0, 0.05) is 25.5 Å². The fraction of sp³-hybridized carbons (Fsp3) is 0.857. The van der Waals surface area contributed by atoms with Gasteiger partial charge in [-0.2, -0.15) is 0 Å². The monoisotopic (exact) mass is 271 g/mol. The average Bonchev–Trinajstić information content (AvgIpc) is 2.26. The summed E-state index contributed by atoms with van der Waals surface area (Å²) in [4.78, 5) is 23.0. The van der Waals surface area contributed by atoms with E-state index in [1.165, 1.54) is 7.11 Å². The van der Waals surface area contributed by atoms with Gasteiger partial charge in [0.2, 0.25) is 5.91 Å². The van der Waals surface area contributed by atoms with Crippen LogP contribution in [0.15, 0.2) is 0 Å². The Balaban J connectivity index is 2.32. The van der Waals surface area contributed by atoms with Crippen molar-refractivity contribution in [3.05, 3.63) is 0 Å². The maximum atomic E-state index is 11.9. The number of carbonyl (C=O) groups is 2. The Labute approximate surface area is 115 Å². The molecular formula is C14H25NO4. The molecule has 5 nitrogen and oxygen atoms in total. The van der Waals surface area contributed by atoms with Crippen LogP contribution in [0.5, 0.6) is 0 Å². The van der Waals surface area contributed by atoms with Crippen LogP contribution in [0.25, 0.3) is 0 Å². The van der Waals surface area contributed by atoms with E-state index in [0.29, 0.717) is 13.0 Å². The van der Waals surface area contributed by atoms with E-state index in [9.17, 15) is 9.59 Å². The van der Waals surface area contributed by atoms with Gasteiger partial charge in [0.15, 0.2) is 0 Å². The van der Waals surface area contributed by atoms with Crippen molar-refractivity contribution >= 4 is 11.9 Å². The number of amides is 1. The number of carbonyl (C=O) groups excluding carboxylic acids is 2. The van der Waals surface area contributed by atoms with E-state index < -0.39 is 0 Å². The van der Waals surface area contributed by atoms with Crippen molar-refractivity contribution in [1.82, 2.24) is 5.32 Å². The van der Waals surface area contributed by atoms with E-state index >= 15 is 0 Å². The van der Waals surface area contributed by atoms with E-state index in [1.807, 2.05) is 20.8 Å². The lowest BCUT2D eigenvalue weighted by Gasteiger charge is -2.35. The zero-order valence-electron chi connectivity index (χ0n) is 12.3. The quantitative estimate of drug-likeness (QED) is 0.772. The van der Waals surface area contributed by atoms with Gasteiger partial charge < -0.3 is 14.8 Å². The molecule has 0 aliphatic carbocycles. The molecule has 0 aromatic carbocycles. The normalized spacial score (nSPS) is 23.5. The number of methoxy groups -OCH3 is 1. The molecule has 2 atom stereocenters. The van der Waals surface area contributed by atoms with Crippen LogP contribution in [0.3, 0.4) is 0 Å². The second-order valence-corrected chi connectivity index (χ2v) is 5.95. The third-order valence-corrected chi connectivity index (χ3v) is 3.34. The molecule has 0 unspecified atom stereocenters. The molecule has 110 valence electrons. The predicted molar refractivity (Wildman–Crippen MR) is 71.6 cm³/mol. The fourth-order valence-corrected chi connectivity index (χ4v) is 2.40. The molecule has 1 saturated heterocycles. The minimum atomic E-state index is -0.271. The zero-order valence-corrected chi connectivity index (χ0v) is 12.3. The number of nitrogens with one attached hydrogen (secondary N) is 1. The highest BCUT2D eigenvalue weighted by molar-refractivity contribution is 5.77. The van der Waals surface area contributed by atoms with Crippen molar-refractivity contribution in [3.63, 3.8) is 0 Å². The summed E-state index contributed by atoms with van der Waals surface area (Å²) < 4.78 is 10.2. The molecule has 0 aromatic heterocycles. The van der Waals surface area contributed by atoms with Crippen molar-refractivity contribution < 1.29 is 19.1 Å². The van der Waals surface area contributed by atoms with E-state index in [4.69, 9.17) is 4.74 Å². The molecule has 0 saturated carbocycles. The van der Waals surface area contributed by atoms with Crippen molar-refractivity contribution in [2.75, 3.05) is 13.7 Å². The number of hydrogen-bond donors (Lipinski definition) is 1. The highest BCUT2D eigenvalue weighted by Gasteiger charge is 2.29. The topological polar surface area (TPSA) is 64.6 Å². The van der Waals surface area contributed by atoms with Gasteiger partial charge in [-0.05, 0) is 32.6 Å².